The Balaban J connectivity index is 1.81. The Labute approximate surface area is 177 Å². The minimum Gasteiger partial charge on any atom is -0.495 e. The average Bonchev–Trinajstić information content (AvgIpc) is 2.99. The molecule has 0 fully saturated rings. The Morgan fingerprint density at radius 2 is 1.63 bits per heavy atom. The molecule has 7 heteroatoms. The lowest BCUT2D eigenvalue weighted by molar-refractivity contribution is -0.120. The van der Waals surface area contributed by atoms with Gasteiger partial charge in [0.25, 0.3) is 11.8 Å². The van der Waals surface area contributed by atoms with Crippen molar-refractivity contribution in [1.82, 2.24) is 0 Å². The highest BCUT2D eigenvalue weighted by Gasteiger charge is 2.40. The molecule has 5 nitrogen and oxygen atoms in total. The number of halogens is 2. The molecule has 0 spiro atoms. The van der Waals surface area contributed by atoms with Crippen molar-refractivity contribution in [3.8, 4) is 5.75 Å². The molecule has 0 saturated heterocycles. The van der Waals surface area contributed by atoms with Gasteiger partial charge in [-0.05, 0) is 48.0 Å². The van der Waals surface area contributed by atoms with E-state index in [1.54, 1.807) is 24.3 Å². The molecule has 1 heterocycles. The number of nitrogens with one attached hydrogen (secondary N) is 1. The molecule has 3 aromatic carbocycles. The topological polar surface area (TPSA) is 58.6 Å². The number of ether oxygens (including phenoxy) is 1. The maximum atomic E-state index is 13.4. The highest BCUT2D eigenvalue weighted by Crippen LogP contribution is 2.36. The normalized spacial score (nSPS) is 13.8. The quantitative estimate of drug-likeness (QED) is 0.595. The van der Waals surface area contributed by atoms with Crippen molar-refractivity contribution in [3.05, 3.63) is 94.9 Å². The summed E-state index contributed by atoms with van der Waals surface area (Å²) in [6.07, 6.45) is 0. The Bertz CT molecular complexity index is 1160. The van der Waals surface area contributed by atoms with Crippen LogP contribution in [0, 0.1) is 5.82 Å². The van der Waals surface area contributed by atoms with Gasteiger partial charge in [0.1, 0.15) is 17.3 Å². The van der Waals surface area contributed by atoms with Gasteiger partial charge in [0.05, 0.1) is 23.4 Å². The summed E-state index contributed by atoms with van der Waals surface area (Å²) in [4.78, 5) is 27.6. The van der Waals surface area contributed by atoms with Gasteiger partial charge < -0.3 is 10.1 Å². The summed E-state index contributed by atoms with van der Waals surface area (Å²) in [7, 11) is 1.48. The molecule has 2 amide bonds. The number of hydrogen-bond acceptors (Lipinski definition) is 4. The summed E-state index contributed by atoms with van der Waals surface area (Å²) in [5.41, 5.74) is 1.62. The van der Waals surface area contributed by atoms with Crippen LogP contribution in [-0.2, 0) is 9.59 Å². The van der Waals surface area contributed by atoms with Crippen LogP contribution in [0.3, 0.4) is 0 Å². The number of benzene rings is 3. The summed E-state index contributed by atoms with van der Waals surface area (Å²) in [5.74, 6) is -1.09. The zero-order valence-electron chi connectivity index (χ0n) is 15.9. The number of amides is 2. The fourth-order valence-electron chi connectivity index (χ4n) is 3.22. The summed E-state index contributed by atoms with van der Waals surface area (Å²) >= 11 is 6.20. The van der Waals surface area contributed by atoms with E-state index in [0.717, 1.165) is 4.90 Å². The molecule has 0 aliphatic carbocycles. The van der Waals surface area contributed by atoms with Gasteiger partial charge >= 0.3 is 0 Å². The molecule has 150 valence electrons. The van der Waals surface area contributed by atoms with Crippen LogP contribution in [0.2, 0.25) is 5.02 Å². The van der Waals surface area contributed by atoms with Crippen LogP contribution >= 0.6 is 11.6 Å². The monoisotopic (exact) mass is 422 g/mol. The van der Waals surface area contributed by atoms with Crippen LogP contribution in [0.5, 0.6) is 5.75 Å². The Morgan fingerprint density at radius 1 is 0.933 bits per heavy atom. The summed E-state index contributed by atoms with van der Waals surface area (Å²) in [5, 5.41) is 3.30. The molecule has 3 aromatic rings. The lowest BCUT2D eigenvalue weighted by atomic mass is 10.0. The molecule has 30 heavy (non-hydrogen) atoms. The van der Waals surface area contributed by atoms with Crippen molar-refractivity contribution < 1.29 is 18.7 Å². The van der Waals surface area contributed by atoms with Crippen LogP contribution in [-0.4, -0.2) is 18.9 Å². The number of imide groups is 1. The first-order chi connectivity index (χ1) is 14.5. The van der Waals surface area contributed by atoms with Crippen molar-refractivity contribution in [3.63, 3.8) is 0 Å². The third-order valence-corrected chi connectivity index (χ3v) is 4.95. The van der Waals surface area contributed by atoms with E-state index in [9.17, 15) is 14.0 Å². The Kier molecular flexibility index (Phi) is 5.25. The van der Waals surface area contributed by atoms with Crippen molar-refractivity contribution in [2.75, 3.05) is 17.3 Å². The number of nitrogens with zero attached hydrogens (tertiary/aromatic N) is 1. The third kappa shape index (κ3) is 3.53. The highest BCUT2D eigenvalue weighted by atomic mass is 35.5. The van der Waals surface area contributed by atoms with E-state index in [-0.39, 0.29) is 16.3 Å². The van der Waals surface area contributed by atoms with Gasteiger partial charge in [-0.2, -0.15) is 0 Å². The first kappa shape index (κ1) is 19.7. The van der Waals surface area contributed by atoms with Crippen LogP contribution in [0.15, 0.2) is 78.5 Å². The van der Waals surface area contributed by atoms with Gasteiger partial charge in [0.2, 0.25) is 0 Å². The van der Waals surface area contributed by atoms with E-state index in [0.29, 0.717) is 22.7 Å². The maximum Gasteiger partial charge on any atom is 0.282 e. The number of carbonyl (C=O) groups is 2. The number of rotatable bonds is 5. The number of para-hydroxylation sites is 1. The van der Waals surface area contributed by atoms with Gasteiger partial charge in [0, 0.05) is 5.69 Å². The van der Waals surface area contributed by atoms with Gasteiger partial charge in [0.15, 0.2) is 0 Å². The van der Waals surface area contributed by atoms with Crippen molar-refractivity contribution >= 4 is 40.4 Å². The molecular formula is C23H16ClFN2O3. The van der Waals surface area contributed by atoms with Gasteiger partial charge in [-0.15, -0.1) is 0 Å². The Morgan fingerprint density at radius 3 is 2.27 bits per heavy atom. The molecule has 0 saturated carbocycles. The molecule has 0 atom stereocenters. The van der Waals surface area contributed by atoms with Gasteiger partial charge in [-0.1, -0.05) is 41.9 Å². The van der Waals surface area contributed by atoms with Crippen LogP contribution in [0.1, 0.15) is 5.56 Å². The molecule has 1 aliphatic rings. The smallest absolute Gasteiger partial charge is 0.282 e. The molecular weight excluding hydrogens is 407 g/mol. The first-order valence-electron chi connectivity index (χ1n) is 9.04. The zero-order chi connectivity index (χ0) is 21.3. The second-order valence-electron chi connectivity index (χ2n) is 6.51. The lowest BCUT2D eigenvalue weighted by Crippen LogP contribution is -2.32. The largest absolute Gasteiger partial charge is 0.495 e. The molecule has 1 N–H and O–H groups in total. The molecule has 1 aliphatic heterocycles. The summed E-state index contributed by atoms with van der Waals surface area (Å²) in [6.45, 7) is 0. The van der Waals surface area contributed by atoms with E-state index < -0.39 is 17.6 Å². The zero-order valence-corrected chi connectivity index (χ0v) is 16.6. The fourth-order valence-corrected chi connectivity index (χ4v) is 3.48. The van der Waals surface area contributed by atoms with E-state index in [1.807, 2.05) is 18.2 Å². The summed E-state index contributed by atoms with van der Waals surface area (Å²) < 4.78 is 18.6. The predicted molar refractivity (Wildman–Crippen MR) is 114 cm³/mol. The van der Waals surface area contributed by atoms with Crippen LogP contribution < -0.4 is 15.0 Å². The number of methoxy groups -OCH3 is 1. The maximum absolute atomic E-state index is 13.4. The highest BCUT2D eigenvalue weighted by molar-refractivity contribution is 6.46. The van der Waals surface area contributed by atoms with Crippen molar-refractivity contribution in [2.24, 2.45) is 0 Å². The molecule has 0 radical (unpaired) electrons. The van der Waals surface area contributed by atoms with Gasteiger partial charge in [-0.3, -0.25) is 9.59 Å². The third-order valence-electron chi connectivity index (χ3n) is 4.65. The first-order valence-corrected chi connectivity index (χ1v) is 9.42. The summed E-state index contributed by atoms with van der Waals surface area (Å²) in [6, 6.07) is 19.1. The van der Waals surface area contributed by atoms with Crippen molar-refractivity contribution in [1.29, 1.82) is 0 Å². The molecule has 4 rings (SSSR count). The van der Waals surface area contributed by atoms with E-state index in [2.05, 4.69) is 5.32 Å². The van der Waals surface area contributed by atoms with Gasteiger partial charge in [-0.25, -0.2) is 9.29 Å². The van der Waals surface area contributed by atoms with Crippen molar-refractivity contribution in [2.45, 2.75) is 0 Å². The van der Waals surface area contributed by atoms with E-state index in [1.165, 1.54) is 37.4 Å². The SMILES string of the molecule is COc1ccc(N2C(=O)C(Nc3ccccc3)=C(c3ccc(F)cc3)C2=O)cc1Cl. The minimum atomic E-state index is -0.538. The standard InChI is InChI=1S/C23H16ClFN2O3/c1-30-19-12-11-17(13-18(19)24)27-22(28)20(14-7-9-15(25)10-8-14)21(23(27)29)26-16-5-3-2-4-6-16/h2-13,26H,1H3. The molecule has 0 aromatic heterocycles. The number of anilines is 2. The second-order valence-corrected chi connectivity index (χ2v) is 6.92. The van der Waals surface area contributed by atoms with Crippen LogP contribution in [0.4, 0.5) is 15.8 Å². The van der Waals surface area contributed by atoms with Crippen LogP contribution in [0.25, 0.3) is 5.57 Å². The Hall–Kier alpha value is -3.64. The second kappa shape index (κ2) is 8.00. The number of carbonyl (C=O) groups excluding carboxylic acids is 2. The number of hydrogen-bond donors (Lipinski definition) is 1. The molecule has 0 bridgehead atoms. The minimum absolute atomic E-state index is 0.102. The molecule has 0 unspecified atom stereocenters. The van der Waals surface area contributed by atoms with E-state index >= 15 is 0 Å². The lowest BCUT2D eigenvalue weighted by Gasteiger charge is -2.16. The average molecular weight is 423 g/mol. The fraction of sp³-hybridized carbons (Fsp3) is 0.0435. The predicted octanol–water partition coefficient (Wildman–Crippen LogP) is 4.88. The van der Waals surface area contributed by atoms with E-state index in [4.69, 9.17) is 16.3 Å².